The Labute approximate surface area is 63.6 Å². The lowest BCUT2D eigenvalue weighted by Crippen LogP contribution is -2.05. The van der Waals surface area contributed by atoms with Crippen LogP contribution in [0.5, 0.6) is 0 Å². The summed E-state index contributed by atoms with van der Waals surface area (Å²) in [6.07, 6.45) is 6.04. The first kappa shape index (κ1) is 7.59. The summed E-state index contributed by atoms with van der Waals surface area (Å²) >= 11 is 0. The van der Waals surface area contributed by atoms with E-state index in [-0.39, 0.29) is 0 Å². The van der Waals surface area contributed by atoms with E-state index in [0.29, 0.717) is 5.92 Å². The molecule has 0 fully saturated rings. The molecular formula is C10H16. The molecular weight excluding hydrogens is 120 g/mol. The predicted molar refractivity (Wildman–Crippen MR) is 45.9 cm³/mol. The standard InChI is InChI=1S/C10H16/c1-4-10-7-5-6-8(2)9(10)3/h4,10H,1,5-7H2,2-3H3. The summed E-state index contributed by atoms with van der Waals surface area (Å²) in [7, 11) is 0. The second kappa shape index (κ2) is 3.05. The Morgan fingerprint density at radius 2 is 2.20 bits per heavy atom. The summed E-state index contributed by atoms with van der Waals surface area (Å²) in [6.45, 7) is 8.31. The molecule has 0 spiro atoms. The van der Waals surface area contributed by atoms with Crippen molar-refractivity contribution in [1.29, 1.82) is 0 Å². The van der Waals surface area contributed by atoms with Crippen molar-refractivity contribution in [3.63, 3.8) is 0 Å². The van der Waals surface area contributed by atoms with E-state index in [1.807, 2.05) is 0 Å². The van der Waals surface area contributed by atoms with Crippen LogP contribution in [0.2, 0.25) is 0 Å². The van der Waals surface area contributed by atoms with Crippen LogP contribution in [0.1, 0.15) is 33.1 Å². The first-order chi connectivity index (χ1) is 4.75. The van der Waals surface area contributed by atoms with Crippen molar-refractivity contribution in [3.8, 4) is 0 Å². The van der Waals surface area contributed by atoms with Crippen LogP contribution in [0.15, 0.2) is 23.8 Å². The second-order valence-electron chi connectivity index (χ2n) is 3.20. The fourth-order valence-corrected chi connectivity index (χ4v) is 1.61. The molecule has 10 heavy (non-hydrogen) atoms. The highest BCUT2D eigenvalue weighted by molar-refractivity contribution is 5.19. The summed E-state index contributed by atoms with van der Waals surface area (Å²) in [5, 5.41) is 0. The van der Waals surface area contributed by atoms with E-state index in [2.05, 4.69) is 26.5 Å². The number of hydrogen-bond donors (Lipinski definition) is 0. The van der Waals surface area contributed by atoms with Gasteiger partial charge in [-0.25, -0.2) is 0 Å². The van der Waals surface area contributed by atoms with Gasteiger partial charge in [0.15, 0.2) is 0 Å². The lowest BCUT2D eigenvalue weighted by molar-refractivity contribution is 0.578. The van der Waals surface area contributed by atoms with Gasteiger partial charge in [0.25, 0.3) is 0 Å². The average molecular weight is 136 g/mol. The minimum absolute atomic E-state index is 0.675. The molecule has 0 aromatic heterocycles. The maximum absolute atomic E-state index is 3.84. The van der Waals surface area contributed by atoms with E-state index in [0.717, 1.165) is 0 Å². The van der Waals surface area contributed by atoms with Gasteiger partial charge in [0.2, 0.25) is 0 Å². The zero-order chi connectivity index (χ0) is 7.56. The molecule has 0 saturated heterocycles. The molecule has 0 radical (unpaired) electrons. The second-order valence-corrected chi connectivity index (χ2v) is 3.20. The monoisotopic (exact) mass is 136 g/mol. The van der Waals surface area contributed by atoms with Crippen molar-refractivity contribution in [2.75, 3.05) is 0 Å². The molecule has 0 amide bonds. The molecule has 0 heteroatoms. The molecule has 1 rings (SSSR count). The molecule has 56 valence electrons. The van der Waals surface area contributed by atoms with E-state index in [1.165, 1.54) is 19.3 Å². The van der Waals surface area contributed by atoms with Crippen molar-refractivity contribution in [2.24, 2.45) is 5.92 Å². The van der Waals surface area contributed by atoms with Gasteiger partial charge in [-0.2, -0.15) is 0 Å². The molecule has 1 aliphatic rings. The fraction of sp³-hybridized carbons (Fsp3) is 0.600. The number of rotatable bonds is 1. The van der Waals surface area contributed by atoms with Crippen LogP contribution in [0, 0.1) is 5.92 Å². The predicted octanol–water partition coefficient (Wildman–Crippen LogP) is 3.31. The third-order valence-corrected chi connectivity index (χ3v) is 2.58. The average Bonchev–Trinajstić information content (AvgIpc) is 1.95. The Morgan fingerprint density at radius 1 is 1.50 bits per heavy atom. The van der Waals surface area contributed by atoms with Gasteiger partial charge in [-0.1, -0.05) is 17.2 Å². The highest BCUT2D eigenvalue weighted by Gasteiger charge is 2.13. The van der Waals surface area contributed by atoms with E-state index in [4.69, 9.17) is 0 Å². The van der Waals surface area contributed by atoms with Gasteiger partial charge in [-0.05, 0) is 39.0 Å². The van der Waals surface area contributed by atoms with Crippen molar-refractivity contribution < 1.29 is 0 Å². The summed E-state index contributed by atoms with van der Waals surface area (Å²) in [5.74, 6) is 0.675. The number of allylic oxidation sites excluding steroid dienone is 3. The zero-order valence-electron chi connectivity index (χ0n) is 6.98. The fourth-order valence-electron chi connectivity index (χ4n) is 1.61. The van der Waals surface area contributed by atoms with E-state index in [1.54, 1.807) is 11.1 Å². The molecule has 0 bridgehead atoms. The summed E-state index contributed by atoms with van der Waals surface area (Å²) in [4.78, 5) is 0. The molecule has 0 nitrogen and oxygen atoms in total. The van der Waals surface area contributed by atoms with E-state index >= 15 is 0 Å². The molecule has 0 aromatic carbocycles. The van der Waals surface area contributed by atoms with Gasteiger partial charge in [-0.15, -0.1) is 6.58 Å². The Bertz CT molecular complexity index is 163. The quantitative estimate of drug-likeness (QED) is 0.485. The van der Waals surface area contributed by atoms with Crippen molar-refractivity contribution in [1.82, 2.24) is 0 Å². The first-order valence-electron chi connectivity index (χ1n) is 4.04. The normalized spacial score (nSPS) is 26.8. The zero-order valence-corrected chi connectivity index (χ0v) is 6.98. The van der Waals surface area contributed by atoms with E-state index < -0.39 is 0 Å². The minimum atomic E-state index is 0.675. The summed E-state index contributed by atoms with van der Waals surface area (Å²) < 4.78 is 0. The number of hydrogen-bond acceptors (Lipinski definition) is 0. The molecule has 1 unspecified atom stereocenters. The van der Waals surface area contributed by atoms with Crippen molar-refractivity contribution in [2.45, 2.75) is 33.1 Å². The minimum Gasteiger partial charge on any atom is -0.102 e. The van der Waals surface area contributed by atoms with Crippen LogP contribution in [0.4, 0.5) is 0 Å². The third-order valence-electron chi connectivity index (χ3n) is 2.58. The van der Waals surface area contributed by atoms with Gasteiger partial charge in [0.05, 0.1) is 0 Å². The van der Waals surface area contributed by atoms with Crippen LogP contribution in [0.3, 0.4) is 0 Å². The Hall–Kier alpha value is -0.520. The van der Waals surface area contributed by atoms with Gasteiger partial charge in [0, 0.05) is 0 Å². The molecule has 0 aromatic rings. The maximum Gasteiger partial charge on any atom is -0.00260 e. The lowest BCUT2D eigenvalue weighted by atomic mass is 9.84. The molecule has 1 aliphatic carbocycles. The smallest absolute Gasteiger partial charge is 0.00260 e. The maximum atomic E-state index is 3.84. The van der Waals surface area contributed by atoms with Crippen LogP contribution in [0.25, 0.3) is 0 Å². The third kappa shape index (κ3) is 1.31. The molecule has 0 heterocycles. The molecule has 0 saturated carbocycles. The molecule has 1 atom stereocenters. The lowest BCUT2D eigenvalue weighted by Gasteiger charge is -2.21. The van der Waals surface area contributed by atoms with Gasteiger partial charge in [0.1, 0.15) is 0 Å². The first-order valence-corrected chi connectivity index (χ1v) is 4.04. The Morgan fingerprint density at radius 3 is 2.70 bits per heavy atom. The van der Waals surface area contributed by atoms with E-state index in [9.17, 15) is 0 Å². The van der Waals surface area contributed by atoms with Crippen LogP contribution in [-0.4, -0.2) is 0 Å². The summed E-state index contributed by atoms with van der Waals surface area (Å²) in [6, 6.07) is 0. The van der Waals surface area contributed by atoms with Gasteiger partial charge >= 0.3 is 0 Å². The van der Waals surface area contributed by atoms with Gasteiger partial charge < -0.3 is 0 Å². The van der Waals surface area contributed by atoms with Crippen molar-refractivity contribution in [3.05, 3.63) is 23.8 Å². The van der Waals surface area contributed by atoms with Crippen LogP contribution < -0.4 is 0 Å². The van der Waals surface area contributed by atoms with Gasteiger partial charge in [-0.3, -0.25) is 0 Å². The highest BCUT2D eigenvalue weighted by Crippen LogP contribution is 2.29. The Kier molecular flexibility index (Phi) is 2.31. The van der Waals surface area contributed by atoms with Crippen LogP contribution >= 0.6 is 0 Å². The highest BCUT2D eigenvalue weighted by atomic mass is 14.2. The largest absolute Gasteiger partial charge is 0.102 e. The topological polar surface area (TPSA) is 0 Å². The molecule has 0 N–H and O–H groups in total. The van der Waals surface area contributed by atoms with Crippen LogP contribution in [-0.2, 0) is 0 Å². The Balaban J connectivity index is 2.77. The molecule has 0 aliphatic heterocycles. The summed E-state index contributed by atoms with van der Waals surface area (Å²) in [5.41, 5.74) is 3.14. The van der Waals surface area contributed by atoms with Crippen molar-refractivity contribution >= 4 is 0 Å². The SMILES string of the molecule is C=CC1CCCC(C)=C1C.